The van der Waals surface area contributed by atoms with Crippen LogP contribution in [-0.4, -0.2) is 29.8 Å². The van der Waals surface area contributed by atoms with Gasteiger partial charge in [0.05, 0.1) is 5.02 Å². The Balaban J connectivity index is 0.000000502. The van der Waals surface area contributed by atoms with E-state index in [1.165, 1.54) is 44.7 Å². The Bertz CT molecular complexity index is 352. The predicted octanol–water partition coefficient (Wildman–Crippen LogP) is 7.47. The first-order chi connectivity index (χ1) is 11.0. The highest BCUT2D eigenvalue weighted by Crippen LogP contribution is 2.60. The highest BCUT2D eigenvalue weighted by atomic mass is 35.5. The molecule has 0 aliphatic rings. The van der Waals surface area contributed by atoms with Crippen LogP contribution < -0.4 is 0 Å². The number of phenols is 1. The van der Waals surface area contributed by atoms with Crippen LogP contribution in [0.25, 0.3) is 0 Å². The second-order valence-electron chi connectivity index (χ2n) is 6.34. The van der Waals surface area contributed by atoms with Crippen LogP contribution in [0.4, 0.5) is 0 Å². The topological polar surface area (TPSA) is 20.2 Å². The van der Waals surface area contributed by atoms with Crippen LogP contribution >= 0.6 is 18.9 Å². The number of unbranched alkanes of at least 4 members (excludes halogenated alkanes) is 3. The van der Waals surface area contributed by atoms with Gasteiger partial charge in [0.2, 0.25) is 0 Å². The van der Waals surface area contributed by atoms with E-state index in [0.717, 1.165) is 0 Å². The Kier molecular flexibility index (Phi) is 14.0. The van der Waals surface area contributed by atoms with Gasteiger partial charge in [0.1, 0.15) is 5.75 Å². The van der Waals surface area contributed by atoms with E-state index in [1.54, 1.807) is 42.8 Å². The molecule has 135 valence electrons. The quantitative estimate of drug-likeness (QED) is 0.429. The van der Waals surface area contributed by atoms with Crippen molar-refractivity contribution in [2.75, 3.05) is 24.6 Å². The maximum Gasteiger partial charge on any atom is 0.134 e. The van der Waals surface area contributed by atoms with Crippen molar-refractivity contribution in [2.24, 2.45) is 0 Å². The Morgan fingerprint density at radius 3 is 1.52 bits per heavy atom. The van der Waals surface area contributed by atoms with Crippen molar-refractivity contribution in [2.45, 2.75) is 66.2 Å². The van der Waals surface area contributed by atoms with Gasteiger partial charge in [0, 0.05) is 0 Å². The van der Waals surface area contributed by atoms with E-state index in [4.69, 9.17) is 16.7 Å². The van der Waals surface area contributed by atoms with Gasteiger partial charge < -0.3 is 5.11 Å². The number of benzene rings is 1. The third-order valence-electron chi connectivity index (χ3n) is 4.48. The largest absolute Gasteiger partial charge is 0.506 e. The molecule has 0 fully saturated rings. The van der Waals surface area contributed by atoms with Crippen LogP contribution in [-0.2, 0) is 0 Å². The Hall–Kier alpha value is -0.260. The van der Waals surface area contributed by atoms with Crippen molar-refractivity contribution in [3.8, 4) is 5.75 Å². The summed E-state index contributed by atoms with van der Waals surface area (Å²) in [4.78, 5) is 0. The van der Waals surface area contributed by atoms with Gasteiger partial charge in [0.15, 0.2) is 0 Å². The number of para-hydroxylation sites is 1. The molecular formula is C20H37ClOP. The van der Waals surface area contributed by atoms with Crippen molar-refractivity contribution in [1.82, 2.24) is 0 Å². The molecule has 1 aromatic carbocycles. The molecule has 0 saturated carbocycles. The van der Waals surface area contributed by atoms with E-state index in [0.29, 0.717) is 5.02 Å². The lowest BCUT2D eigenvalue weighted by Crippen LogP contribution is -2.11. The maximum atomic E-state index is 8.79. The van der Waals surface area contributed by atoms with Gasteiger partial charge >= 0.3 is 0 Å². The smallest absolute Gasteiger partial charge is 0.134 e. The molecule has 0 aromatic heterocycles. The number of hydrogen-bond acceptors (Lipinski definition) is 1. The van der Waals surface area contributed by atoms with Gasteiger partial charge in [-0.15, -0.1) is 7.26 Å². The van der Waals surface area contributed by atoms with E-state index in [1.807, 2.05) is 0 Å². The molecule has 0 aliphatic heterocycles. The Labute approximate surface area is 150 Å². The lowest BCUT2D eigenvalue weighted by molar-refractivity contribution is 0.475. The van der Waals surface area contributed by atoms with E-state index >= 15 is 0 Å². The minimum absolute atomic E-state index is 0.133. The van der Waals surface area contributed by atoms with Crippen molar-refractivity contribution >= 4 is 18.9 Å². The molecule has 23 heavy (non-hydrogen) atoms. The first-order valence-electron chi connectivity index (χ1n) is 9.33. The second-order valence-corrected chi connectivity index (χ2v) is 11.4. The molecular weight excluding hydrogens is 323 g/mol. The molecule has 0 spiro atoms. The second kappa shape index (κ2) is 14.1. The zero-order valence-corrected chi connectivity index (χ0v) is 17.3. The van der Waals surface area contributed by atoms with Crippen molar-refractivity contribution in [1.29, 1.82) is 0 Å². The zero-order valence-electron chi connectivity index (χ0n) is 15.7. The monoisotopic (exact) mass is 359 g/mol. The molecule has 0 saturated heterocycles. The molecule has 1 rings (SSSR count). The number of phenolic OH excluding ortho intramolecular Hbond substituents is 1. The van der Waals surface area contributed by atoms with E-state index < -0.39 is 7.26 Å². The standard InChI is InChI=1S/C14H32P.C6H5ClO/c1-5-9-12-15(8-4,13-10-6-2)14-11-7-3;7-5-3-1-2-4-6(5)8/h5-14H2,1-4H3;1-4,8H. The lowest BCUT2D eigenvalue weighted by Gasteiger charge is -2.36. The fourth-order valence-corrected chi connectivity index (χ4v) is 7.46. The van der Waals surface area contributed by atoms with Crippen LogP contribution in [0.5, 0.6) is 5.75 Å². The molecule has 3 heteroatoms. The molecule has 1 aromatic rings. The highest BCUT2D eigenvalue weighted by molar-refractivity contribution is 7.75. The third-order valence-corrected chi connectivity index (χ3v) is 9.94. The molecule has 0 amide bonds. The van der Waals surface area contributed by atoms with Crippen LogP contribution in [0.2, 0.25) is 5.02 Å². The molecule has 0 atom stereocenters. The number of halogens is 1. The molecule has 0 unspecified atom stereocenters. The molecule has 1 radical (unpaired) electrons. The summed E-state index contributed by atoms with van der Waals surface area (Å²) in [5, 5.41) is 9.18. The number of aromatic hydroxyl groups is 1. The molecule has 0 heterocycles. The van der Waals surface area contributed by atoms with Crippen LogP contribution in [0.1, 0.15) is 66.2 Å². The van der Waals surface area contributed by atoms with Gasteiger partial charge in [-0.3, -0.25) is 0 Å². The van der Waals surface area contributed by atoms with Gasteiger partial charge in [-0.25, -0.2) is 0 Å². The SMILES string of the molecule is CCCC[P](CC)(CCCC)CCCC.Oc1ccccc1Cl. The summed E-state index contributed by atoms with van der Waals surface area (Å²) in [6.07, 6.45) is 14.9. The van der Waals surface area contributed by atoms with Crippen LogP contribution in [0.15, 0.2) is 24.3 Å². The van der Waals surface area contributed by atoms with Gasteiger partial charge in [-0.1, -0.05) is 70.7 Å². The fourth-order valence-electron chi connectivity index (χ4n) is 2.74. The lowest BCUT2D eigenvalue weighted by atomic mass is 10.3. The van der Waals surface area contributed by atoms with E-state index in [-0.39, 0.29) is 5.75 Å². The molecule has 0 bridgehead atoms. The van der Waals surface area contributed by atoms with Crippen LogP contribution in [0.3, 0.4) is 0 Å². The predicted molar refractivity (Wildman–Crippen MR) is 110 cm³/mol. The Morgan fingerprint density at radius 1 is 0.826 bits per heavy atom. The van der Waals surface area contributed by atoms with E-state index in [9.17, 15) is 0 Å². The maximum absolute atomic E-state index is 8.79. The summed E-state index contributed by atoms with van der Waals surface area (Å²) >= 11 is 5.46. The van der Waals surface area contributed by atoms with E-state index in [2.05, 4.69) is 27.7 Å². The summed E-state index contributed by atoms with van der Waals surface area (Å²) in [7, 11) is -0.527. The molecule has 1 N–H and O–H groups in total. The number of rotatable bonds is 10. The highest BCUT2D eigenvalue weighted by Gasteiger charge is 2.22. The minimum Gasteiger partial charge on any atom is -0.506 e. The van der Waals surface area contributed by atoms with Crippen molar-refractivity contribution in [3.63, 3.8) is 0 Å². The zero-order chi connectivity index (χ0) is 17.6. The first kappa shape index (κ1) is 22.7. The normalized spacial score (nSPS) is 11.0. The average molecular weight is 360 g/mol. The third kappa shape index (κ3) is 10.3. The summed E-state index contributed by atoms with van der Waals surface area (Å²) in [5.41, 5.74) is 0. The van der Waals surface area contributed by atoms with Gasteiger partial charge in [-0.2, -0.15) is 0 Å². The van der Waals surface area contributed by atoms with Gasteiger partial charge in [0.25, 0.3) is 0 Å². The first-order valence-corrected chi connectivity index (χ1v) is 12.2. The fraction of sp³-hybridized carbons (Fsp3) is 0.700. The average Bonchev–Trinajstić information content (AvgIpc) is 2.58. The minimum atomic E-state index is -0.527. The summed E-state index contributed by atoms with van der Waals surface area (Å²) in [6.45, 7) is 9.46. The Morgan fingerprint density at radius 2 is 1.26 bits per heavy atom. The molecule has 0 aliphatic carbocycles. The van der Waals surface area contributed by atoms with Crippen molar-refractivity contribution < 1.29 is 5.11 Å². The molecule has 1 nitrogen and oxygen atoms in total. The summed E-state index contributed by atoms with van der Waals surface area (Å²) < 4.78 is 0. The summed E-state index contributed by atoms with van der Waals surface area (Å²) in [6, 6.07) is 6.67. The number of hydrogen-bond donors (Lipinski definition) is 1. The van der Waals surface area contributed by atoms with Crippen LogP contribution in [0, 0.1) is 0 Å². The summed E-state index contributed by atoms with van der Waals surface area (Å²) in [5.74, 6) is 0.133. The van der Waals surface area contributed by atoms with Gasteiger partial charge in [-0.05, 0) is 56.0 Å². The van der Waals surface area contributed by atoms with Crippen molar-refractivity contribution in [3.05, 3.63) is 29.3 Å².